The molecule has 0 saturated carbocycles. The summed E-state index contributed by atoms with van der Waals surface area (Å²) in [7, 11) is 0. The Bertz CT molecular complexity index is 690. The van der Waals surface area contributed by atoms with Gasteiger partial charge in [0.25, 0.3) is 0 Å². The van der Waals surface area contributed by atoms with Crippen LogP contribution >= 0.6 is 0 Å². The Kier molecular flexibility index (Phi) is 5.63. The van der Waals surface area contributed by atoms with Crippen LogP contribution in [0.15, 0.2) is 65.1 Å². The van der Waals surface area contributed by atoms with Gasteiger partial charge in [0.05, 0.1) is 4.90 Å². The first-order valence-electron chi connectivity index (χ1n) is 6.66. The Morgan fingerprint density at radius 2 is 1.77 bits per heavy atom. The van der Waals surface area contributed by atoms with E-state index in [1.807, 2.05) is 30.3 Å². The maximum absolute atomic E-state index is 11.9. The predicted octanol–water partition coefficient (Wildman–Crippen LogP) is 3.41. The number of carbonyl (C=O) groups is 1. The highest BCUT2D eigenvalue weighted by Crippen LogP contribution is 2.12. The SMILES string of the molecule is CC(=Cc1ccc(S(=O)O)cc1)C(=O)OCc1ccccc1. The third kappa shape index (κ3) is 4.65. The second-order valence-corrected chi connectivity index (χ2v) is 5.68. The van der Waals surface area contributed by atoms with Crippen molar-refractivity contribution in [3.63, 3.8) is 0 Å². The lowest BCUT2D eigenvalue weighted by molar-refractivity contribution is -0.140. The largest absolute Gasteiger partial charge is 0.457 e. The van der Waals surface area contributed by atoms with E-state index in [4.69, 9.17) is 9.29 Å². The molecule has 1 atom stereocenters. The van der Waals surface area contributed by atoms with Gasteiger partial charge in [0.1, 0.15) is 6.61 Å². The zero-order valence-electron chi connectivity index (χ0n) is 12.1. The first-order chi connectivity index (χ1) is 10.6. The smallest absolute Gasteiger partial charge is 0.334 e. The molecule has 0 bridgehead atoms. The minimum atomic E-state index is -2.00. The molecule has 5 heteroatoms. The summed E-state index contributed by atoms with van der Waals surface area (Å²) < 4.78 is 25.1. The molecule has 0 saturated heterocycles. The molecular formula is C17H16O4S. The molecule has 0 radical (unpaired) electrons. The molecule has 2 aromatic rings. The quantitative estimate of drug-likeness (QED) is 0.521. The molecule has 0 fully saturated rings. The highest BCUT2D eigenvalue weighted by Gasteiger charge is 2.06. The van der Waals surface area contributed by atoms with Crippen molar-refractivity contribution >= 4 is 23.1 Å². The van der Waals surface area contributed by atoms with E-state index in [-0.39, 0.29) is 6.61 Å². The Hall–Kier alpha value is -2.24. The molecule has 2 rings (SSSR count). The van der Waals surface area contributed by atoms with Crippen LogP contribution in [-0.4, -0.2) is 14.7 Å². The zero-order chi connectivity index (χ0) is 15.9. The molecule has 0 spiro atoms. The van der Waals surface area contributed by atoms with E-state index in [9.17, 15) is 9.00 Å². The summed E-state index contributed by atoms with van der Waals surface area (Å²) in [4.78, 5) is 12.2. The lowest BCUT2D eigenvalue weighted by atomic mass is 10.1. The molecule has 2 aromatic carbocycles. The van der Waals surface area contributed by atoms with Gasteiger partial charge in [-0.15, -0.1) is 0 Å². The number of benzene rings is 2. The number of carbonyl (C=O) groups excluding carboxylic acids is 1. The molecule has 0 aliphatic rings. The van der Waals surface area contributed by atoms with E-state index in [0.717, 1.165) is 11.1 Å². The molecule has 4 nitrogen and oxygen atoms in total. The molecular weight excluding hydrogens is 300 g/mol. The predicted molar refractivity (Wildman–Crippen MR) is 85.4 cm³/mol. The first-order valence-corrected chi connectivity index (χ1v) is 7.77. The summed E-state index contributed by atoms with van der Waals surface area (Å²) in [6, 6.07) is 15.9. The van der Waals surface area contributed by atoms with Gasteiger partial charge in [0, 0.05) is 5.57 Å². The van der Waals surface area contributed by atoms with Crippen LogP contribution in [0.25, 0.3) is 6.08 Å². The summed E-state index contributed by atoms with van der Waals surface area (Å²) in [5.74, 6) is -0.390. The topological polar surface area (TPSA) is 63.6 Å². The van der Waals surface area contributed by atoms with Crippen LogP contribution in [0.1, 0.15) is 18.1 Å². The number of hydrogen-bond donors (Lipinski definition) is 1. The van der Waals surface area contributed by atoms with Gasteiger partial charge in [-0.2, -0.15) is 0 Å². The number of esters is 1. The fraction of sp³-hybridized carbons (Fsp3) is 0.118. The number of hydrogen-bond acceptors (Lipinski definition) is 3. The Balaban J connectivity index is 1.98. The number of rotatable bonds is 5. The van der Waals surface area contributed by atoms with Gasteiger partial charge in [0.15, 0.2) is 11.1 Å². The average molecular weight is 316 g/mol. The van der Waals surface area contributed by atoms with Crippen LogP contribution in [0.3, 0.4) is 0 Å². The second-order valence-electron chi connectivity index (χ2n) is 4.71. The van der Waals surface area contributed by atoms with Crippen molar-refractivity contribution in [1.29, 1.82) is 0 Å². The molecule has 0 aliphatic heterocycles. The van der Waals surface area contributed by atoms with Crippen molar-refractivity contribution in [2.45, 2.75) is 18.4 Å². The molecule has 0 amide bonds. The Labute approximate surface area is 131 Å². The van der Waals surface area contributed by atoms with E-state index in [1.54, 1.807) is 37.3 Å². The van der Waals surface area contributed by atoms with Crippen molar-refractivity contribution in [3.8, 4) is 0 Å². The van der Waals surface area contributed by atoms with Crippen molar-refractivity contribution < 1.29 is 18.3 Å². The molecule has 0 heterocycles. The zero-order valence-corrected chi connectivity index (χ0v) is 12.9. The van der Waals surface area contributed by atoms with Gasteiger partial charge in [-0.3, -0.25) is 0 Å². The van der Waals surface area contributed by atoms with Crippen molar-refractivity contribution in [1.82, 2.24) is 0 Å². The summed E-state index contributed by atoms with van der Waals surface area (Å²) >= 11 is -2.00. The van der Waals surface area contributed by atoms with Gasteiger partial charge in [-0.05, 0) is 36.3 Å². The molecule has 1 N–H and O–H groups in total. The summed E-state index contributed by atoms with van der Waals surface area (Å²) in [6.45, 7) is 1.90. The van der Waals surface area contributed by atoms with Crippen LogP contribution in [0.4, 0.5) is 0 Å². The molecule has 1 unspecified atom stereocenters. The van der Waals surface area contributed by atoms with Gasteiger partial charge in [0.2, 0.25) is 0 Å². The summed E-state index contributed by atoms with van der Waals surface area (Å²) in [5.41, 5.74) is 2.16. The lowest BCUT2D eigenvalue weighted by Gasteiger charge is -2.05. The van der Waals surface area contributed by atoms with Gasteiger partial charge in [-0.1, -0.05) is 42.5 Å². The van der Waals surface area contributed by atoms with Crippen LogP contribution in [0.2, 0.25) is 0 Å². The molecule has 0 aromatic heterocycles. The maximum Gasteiger partial charge on any atom is 0.334 e. The van der Waals surface area contributed by atoms with Crippen molar-refractivity contribution in [2.75, 3.05) is 0 Å². The first kappa shape index (κ1) is 16.1. The lowest BCUT2D eigenvalue weighted by Crippen LogP contribution is -2.05. The highest BCUT2D eigenvalue weighted by molar-refractivity contribution is 7.79. The molecule has 114 valence electrons. The molecule has 0 aliphatic carbocycles. The average Bonchev–Trinajstić information content (AvgIpc) is 2.54. The minimum absolute atomic E-state index is 0.229. The van der Waals surface area contributed by atoms with Gasteiger partial charge >= 0.3 is 5.97 Å². The van der Waals surface area contributed by atoms with Crippen LogP contribution in [-0.2, 0) is 27.2 Å². The van der Waals surface area contributed by atoms with E-state index in [0.29, 0.717) is 10.5 Å². The van der Waals surface area contributed by atoms with Gasteiger partial charge < -0.3 is 9.29 Å². The number of ether oxygens (including phenoxy) is 1. The standard InChI is InChI=1S/C17H16O4S/c1-13(11-14-7-9-16(10-8-14)22(19)20)17(18)21-12-15-5-3-2-4-6-15/h2-11H,12H2,1H3,(H,19,20). The Morgan fingerprint density at radius 3 is 2.36 bits per heavy atom. The van der Waals surface area contributed by atoms with Gasteiger partial charge in [-0.25, -0.2) is 9.00 Å². The summed E-state index contributed by atoms with van der Waals surface area (Å²) in [6.07, 6.45) is 1.68. The molecule has 22 heavy (non-hydrogen) atoms. The van der Waals surface area contributed by atoms with Crippen LogP contribution in [0.5, 0.6) is 0 Å². The normalized spacial score (nSPS) is 12.7. The highest BCUT2D eigenvalue weighted by atomic mass is 32.2. The third-order valence-corrected chi connectivity index (χ3v) is 3.68. The van der Waals surface area contributed by atoms with Crippen LogP contribution in [0, 0.1) is 0 Å². The van der Waals surface area contributed by atoms with E-state index < -0.39 is 17.0 Å². The second kappa shape index (κ2) is 7.68. The van der Waals surface area contributed by atoms with Crippen molar-refractivity contribution in [2.24, 2.45) is 0 Å². The Morgan fingerprint density at radius 1 is 1.14 bits per heavy atom. The fourth-order valence-electron chi connectivity index (χ4n) is 1.83. The van der Waals surface area contributed by atoms with E-state index in [2.05, 4.69) is 0 Å². The van der Waals surface area contributed by atoms with E-state index in [1.165, 1.54) is 0 Å². The summed E-state index contributed by atoms with van der Waals surface area (Å²) in [5, 5.41) is 0. The maximum atomic E-state index is 11.9. The van der Waals surface area contributed by atoms with Crippen LogP contribution < -0.4 is 0 Å². The van der Waals surface area contributed by atoms with Crippen molar-refractivity contribution in [3.05, 3.63) is 71.3 Å². The third-order valence-electron chi connectivity index (χ3n) is 3.00. The minimum Gasteiger partial charge on any atom is -0.457 e. The monoisotopic (exact) mass is 316 g/mol. The van der Waals surface area contributed by atoms with E-state index >= 15 is 0 Å². The fourth-order valence-corrected chi connectivity index (χ4v) is 2.20.